The summed E-state index contributed by atoms with van der Waals surface area (Å²) in [5.74, 6) is 3.69. The van der Waals surface area contributed by atoms with E-state index >= 15 is 0 Å². The van der Waals surface area contributed by atoms with Gasteiger partial charge in [-0.05, 0) is 28.8 Å². The first-order chi connectivity index (χ1) is 10.6. The zero-order valence-electron chi connectivity index (χ0n) is 12.2. The Balaban J connectivity index is 1.55. The summed E-state index contributed by atoms with van der Waals surface area (Å²) in [6, 6.07) is 0. The summed E-state index contributed by atoms with van der Waals surface area (Å²) in [6.07, 6.45) is 1.82. The van der Waals surface area contributed by atoms with Gasteiger partial charge in [-0.3, -0.25) is 4.79 Å². The Morgan fingerprint density at radius 1 is 1.45 bits per heavy atom. The number of amides is 1. The lowest BCUT2D eigenvalue weighted by atomic mass is 9.90. The topological polar surface area (TPSA) is 53.4 Å². The SMILES string of the molecule is O=C(C[C@@H]1CSCCS1)N1CCC(O)(c2scnc2Br)CC1. The number of hydrogen-bond acceptors (Lipinski definition) is 6. The van der Waals surface area contributed by atoms with E-state index in [0.717, 1.165) is 21.0 Å². The molecule has 1 aromatic heterocycles. The zero-order valence-corrected chi connectivity index (χ0v) is 16.2. The second-order valence-electron chi connectivity index (χ2n) is 5.66. The monoisotopic (exact) mass is 422 g/mol. The number of likely N-dealkylation sites (tertiary alicyclic amines) is 1. The summed E-state index contributed by atoms with van der Waals surface area (Å²) in [6.45, 7) is 1.26. The lowest BCUT2D eigenvalue weighted by Gasteiger charge is -2.38. The van der Waals surface area contributed by atoms with Crippen LogP contribution in [0.15, 0.2) is 10.1 Å². The maximum absolute atomic E-state index is 12.4. The van der Waals surface area contributed by atoms with Crippen molar-refractivity contribution >= 4 is 56.7 Å². The summed E-state index contributed by atoms with van der Waals surface area (Å²) in [5.41, 5.74) is 0.902. The average Bonchev–Trinajstić information content (AvgIpc) is 2.96. The number of rotatable bonds is 3. The van der Waals surface area contributed by atoms with Crippen molar-refractivity contribution in [2.45, 2.75) is 30.1 Å². The van der Waals surface area contributed by atoms with E-state index in [1.165, 1.54) is 17.1 Å². The van der Waals surface area contributed by atoms with Gasteiger partial charge in [0.05, 0.1) is 10.4 Å². The smallest absolute Gasteiger partial charge is 0.223 e. The molecule has 3 heterocycles. The first-order valence-corrected chi connectivity index (χ1v) is 11.2. The molecule has 0 aromatic carbocycles. The third-order valence-corrected chi connectivity index (χ3v) is 8.91. The van der Waals surface area contributed by atoms with Crippen LogP contribution < -0.4 is 0 Å². The van der Waals surface area contributed by atoms with Crippen LogP contribution in [0.4, 0.5) is 0 Å². The first kappa shape index (κ1) is 17.1. The molecule has 0 radical (unpaired) electrons. The van der Waals surface area contributed by atoms with E-state index in [1.54, 1.807) is 5.51 Å². The molecule has 1 aromatic rings. The molecule has 122 valence electrons. The minimum absolute atomic E-state index is 0.241. The van der Waals surface area contributed by atoms with Crippen LogP contribution in [0.5, 0.6) is 0 Å². The van der Waals surface area contributed by atoms with Gasteiger partial charge in [0.25, 0.3) is 0 Å². The lowest BCUT2D eigenvalue weighted by molar-refractivity contribution is -0.135. The van der Waals surface area contributed by atoms with Crippen LogP contribution >= 0.6 is 50.8 Å². The standard InChI is InChI=1S/C14H19BrN2O2S3/c15-13-12(22-9-16-13)14(19)1-3-17(4-2-14)11(18)7-10-8-20-5-6-21-10/h9-10,19H,1-8H2/t10-/m1/s1. The van der Waals surface area contributed by atoms with Gasteiger partial charge in [-0.1, -0.05) is 0 Å². The molecule has 22 heavy (non-hydrogen) atoms. The Kier molecular flexibility index (Phi) is 5.76. The number of carbonyl (C=O) groups excluding carboxylic acids is 1. The second-order valence-corrected chi connectivity index (χ2v) is 9.82. The van der Waals surface area contributed by atoms with Crippen molar-refractivity contribution in [3.8, 4) is 0 Å². The summed E-state index contributed by atoms with van der Waals surface area (Å²) in [5, 5.41) is 11.3. The van der Waals surface area contributed by atoms with Crippen LogP contribution in [0.25, 0.3) is 0 Å². The predicted octanol–water partition coefficient (Wildman–Crippen LogP) is 2.95. The van der Waals surface area contributed by atoms with Crippen molar-refractivity contribution in [1.29, 1.82) is 0 Å². The highest BCUT2D eigenvalue weighted by Gasteiger charge is 2.38. The maximum atomic E-state index is 12.4. The van der Waals surface area contributed by atoms with Gasteiger partial charge in [-0.25, -0.2) is 4.98 Å². The third kappa shape index (κ3) is 3.83. The Morgan fingerprint density at radius 3 is 2.82 bits per heavy atom. The Hall–Kier alpha value is 0.240. The number of halogens is 1. The van der Waals surface area contributed by atoms with Crippen LogP contribution in [0.3, 0.4) is 0 Å². The number of carbonyl (C=O) groups is 1. The summed E-state index contributed by atoms with van der Waals surface area (Å²) in [7, 11) is 0. The van der Waals surface area contributed by atoms with Crippen LogP contribution in [0, 0.1) is 0 Å². The number of thioether (sulfide) groups is 2. The molecule has 2 fully saturated rings. The number of piperidine rings is 1. The van der Waals surface area contributed by atoms with Gasteiger partial charge in [0, 0.05) is 42.0 Å². The second kappa shape index (κ2) is 7.42. The molecule has 0 unspecified atom stereocenters. The van der Waals surface area contributed by atoms with Crippen LogP contribution in [-0.4, -0.2) is 56.5 Å². The van der Waals surface area contributed by atoms with Crippen molar-refractivity contribution < 1.29 is 9.90 Å². The van der Waals surface area contributed by atoms with Gasteiger partial charge < -0.3 is 10.0 Å². The normalized spacial score (nSPS) is 25.2. The van der Waals surface area contributed by atoms with Gasteiger partial charge >= 0.3 is 0 Å². The fourth-order valence-corrected chi connectivity index (χ4v) is 7.26. The maximum Gasteiger partial charge on any atom is 0.223 e. The molecule has 3 rings (SSSR count). The number of thiazole rings is 1. The lowest BCUT2D eigenvalue weighted by Crippen LogP contribution is -2.45. The van der Waals surface area contributed by atoms with E-state index in [0.29, 0.717) is 37.6 Å². The summed E-state index contributed by atoms with van der Waals surface area (Å²) in [4.78, 5) is 19.4. The highest BCUT2D eigenvalue weighted by molar-refractivity contribution is 9.10. The molecule has 4 nitrogen and oxygen atoms in total. The van der Waals surface area contributed by atoms with E-state index in [4.69, 9.17) is 0 Å². The Morgan fingerprint density at radius 2 is 2.23 bits per heavy atom. The van der Waals surface area contributed by atoms with Gasteiger partial charge in [-0.2, -0.15) is 23.5 Å². The molecular weight excluding hydrogens is 404 g/mol. The minimum Gasteiger partial charge on any atom is -0.384 e. The molecule has 1 N–H and O–H groups in total. The minimum atomic E-state index is -0.841. The molecule has 0 saturated carbocycles. The summed E-state index contributed by atoms with van der Waals surface area (Å²) >= 11 is 8.75. The molecule has 0 aliphatic carbocycles. The molecule has 1 atom stereocenters. The molecule has 2 aliphatic heterocycles. The van der Waals surface area contributed by atoms with Gasteiger partial charge in [-0.15, -0.1) is 11.3 Å². The van der Waals surface area contributed by atoms with E-state index in [-0.39, 0.29) is 5.91 Å². The number of aromatic nitrogens is 1. The highest BCUT2D eigenvalue weighted by Crippen LogP contribution is 2.39. The van der Waals surface area contributed by atoms with Crippen molar-refractivity contribution in [3.05, 3.63) is 15.0 Å². The van der Waals surface area contributed by atoms with E-state index in [9.17, 15) is 9.90 Å². The zero-order chi connectivity index (χ0) is 15.6. The van der Waals surface area contributed by atoms with E-state index in [2.05, 4.69) is 20.9 Å². The quantitative estimate of drug-likeness (QED) is 0.810. The van der Waals surface area contributed by atoms with Gasteiger partial charge in [0.1, 0.15) is 10.2 Å². The molecule has 2 saturated heterocycles. The highest BCUT2D eigenvalue weighted by atomic mass is 79.9. The number of aliphatic hydroxyl groups is 1. The van der Waals surface area contributed by atoms with Crippen molar-refractivity contribution in [2.24, 2.45) is 0 Å². The molecular formula is C14H19BrN2O2S3. The van der Waals surface area contributed by atoms with E-state index in [1.807, 2.05) is 28.4 Å². The molecule has 0 spiro atoms. The van der Waals surface area contributed by atoms with Gasteiger partial charge in [0.2, 0.25) is 5.91 Å². The molecule has 1 amide bonds. The van der Waals surface area contributed by atoms with Crippen LogP contribution in [0.1, 0.15) is 24.1 Å². The fourth-order valence-electron chi connectivity index (χ4n) is 2.87. The third-order valence-electron chi connectivity index (χ3n) is 4.18. The van der Waals surface area contributed by atoms with Crippen LogP contribution in [0.2, 0.25) is 0 Å². The number of hydrogen-bond donors (Lipinski definition) is 1. The first-order valence-electron chi connectivity index (χ1n) is 7.37. The van der Waals surface area contributed by atoms with Gasteiger partial charge in [0.15, 0.2) is 0 Å². The largest absolute Gasteiger partial charge is 0.384 e. The van der Waals surface area contributed by atoms with Crippen LogP contribution in [-0.2, 0) is 10.4 Å². The molecule has 0 bridgehead atoms. The summed E-state index contributed by atoms with van der Waals surface area (Å²) < 4.78 is 0.732. The molecule has 8 heteroatoms. The Bertz CT molecular complexity index is 526. The van der Waals surface area contributed by atoms with E-state index < -0.39 is 5.60 Å². The predicted molar refractivity (Wildman–Crippen MR) is 97.7 cm³/mol. The fraction of sp³-hybridized carbons (Fsp3) is 0.714. The Labute approximate surface area is 151 Å². The average molecular weight is 423 g/mol. The molecule has 2 aliphatic rings. The van der Waals surface area contributed by atoms with Crippen molar-refractivity contribution in [2.75, 3.05) is 30.3 Å². The van der Waals surface area contributed by atoms with Crippen molar-refractivity contribution in [1.82, 2.24) is 9.88 Å². The van der Waals surface area contributed by atoms with Crippen molar-refractivity contribution in [3.63, 3.8) is 0 Å². The number of nitrogens with zero attached hydrogens (tertiary/aromatic N) is 2.